The minimum atomic E-state index is -3.82. The standard InChI is InChI=1S/C16H15N3O4S/c1-9-4-6-10(7-5-9)14-12(16(20)23-2)13(18)11(8-17)15(19-14)24(3,21)22/h4-7H,1-3H3,(H2,18,19). The van der Waals surface area contributed by atoms with Crippen LogP contribution in [0.3, 0.4) is 0 Å². The van der Waals surface area contributed by atoms with Crippen LogP contribution in [-0.2, 0) is 14.6 Å². The first kappa shape index (κ1) is 17.4. The maximum Gasteiger partial charge on any atom is 0.342 e. The lowest BCUT2D eigenvalue weighted by atomic mass is 10.0. The molecule has 24 heavy (non-hydrogen) atoms. The lowest BCUT2D eigenvalue weighted by molar-refractivity contribution is 0.0602. The Kier molecular flexibility index (Phi) is 4.57. The molecular formula is C16H15N3O4S. The first-order chi connectivity index (χ1) is 11.2. The SMILES string of the molecule is COC(=O)c1c(-c2ccc(C)cc2)nc(S(C)(=O)=O)c(C#N)c1N. The number of pyridine rings is 1. The Morgan fingerprint density at radius 2 is 1.88 bits per heavy atom. The number of hydrogen-bond donors (Lipinski definition) is 1. The number of methoxy groups -OCH3 is 1. The highest BCUT2D eigenvalue weighted by atomic mass is 32.2. The predicted molar refractivity (Wildman–Crippen MR) is 88.0 cm³/mol. The molecule has 0 radical (unpaired) electrons. The van der Waals surface area contributed by atoms with Crippen LogP contribution in [0.4, 0.5) is 5.69 Å². The van der Waals surface area contributed by atoms with Crippen LogP contribution in [0.5, 0.6) is 0 Å². The van der Waals surface area contributed by atoms with Crippen molar-refractivity contribution in [1.82, 2.24) is 4.98 Å². The Labute approximate surface area is 139 Å². The van der Waals surface area contributed by atoms with Gasteiger partial charge in [0.1, 0.15) is 17.2 Å². The highest BCUT2D eigenvalue weighted by Crippen LogP contribution is 2.32. The summed E-state index contributed by atoms with van der Waals surface area (Å²) in [5.74, 6) is -0.799. The fourth-order valence-electron chi connectivity index (χ4n) is 2.19. The summed E-state index contributed by atoms with van der Waals surface area (Å²) in [5.41, 5.74) is 6.66. The minimum absolute atomic E-state index is 0.0544. The van der Waals surface area contributed by atoms with E-state index in [-0.39, 0.29) is 22.5 Å². The van der Waals surface area contributed by atoms with Crippen LogP contribution < -0.4 is 5.73 Å². The number of carbonyl (C=O) groups excluding carboxylic acids is 1. The van der Waals surface area contributed by atoms with E-state index in [1.807, 2.05) is 6.92 Å². The molecule has 1 aromatic heterocycles. The van der Waals surface area contributed by atoms with Gasteiger partial charge < -0.3 is 10.5 Å². The van der Waals surface area contributed by atoms with Gasteiger partial charge in [0.05, 0.1) is 18.5 Å². The Hall–Kier alpha value is -2.92. The van der Waals surface area contributed by atoms with Crippen molar-refractivity contribution in [3.05, 3.63) is 41.0 Å². The summed E-state index contributed by atoms with van der Waals surface area (Å²) in [4.78, 5) is 16.2. The summed E-state index contributed by atoms with van der Waals surface area (Å²) in [6.45, 7) is 1.88. The third-order valence-electron chi connectivity index (χ3n) is 3.38. The molecule has 1 heterocycles. The third kappa shape index (κ3) is 3.07. The Bertz CT molecular complexity index is 958. The average molecular weight is 345 g/mol. The van der Waals surface area contributed by atoms with E-state index in [4.69, 9.17) is 10.5 Å². The van der Waals surface area contributed by atoms with Gasteiger partial charge in [-0.15, -0.1) is 0 Å². The molecule has 7 nitrogen and oxygen atoms in total. The molecule has 1 aromatic carbocycles. The molecule has 0 spiro atoms. The van der Waals surface area contributed by atoms with Crippen LogP contribution in [0.15, 0.2) is 29.3 Å². The number of carbonyl (C=O) groups is 1. The van der Waals surface area contributed by atoms with Gasteiger partial charge >= 0.3 is 5.97 Å². The minimum Gasteiger partial charge on any atom is -0.465 e. The molecule has 124 valence electrons. The van der Waals surface area contributed by atoms with Gasteiger partial charge in [0.15, 0.2) is 14.9 Å². The van der Waals surface area contributed by atoms with E-state index in [1.165, 1.54) is 0 Å². The number of nitrogens with zero attached hydrogens (tertiary/aromatic N) is 2. The normalized spacial score (nSPS) is 10.9. The van der Waals surface area contributed by atoms with Crippen LogP contribution in [0.1, 0.15) is 21.5 Å². The van der Waals surface area contributed by atoms with Crippen molar-refractivity contribution in [2.75, 3.05) is 19.1 Å². The van der Waals surface area contributed by atoms with E-state index >= 15 is 0 Å². The number of nitriles is 1. The van der Waals surface area contributed by atoms with Crippen molar-refractivity contribution < 1.29 is 17.9 Å². The van der Waals surface area contributed by atoms with Crippen LogP contribution in [0.25, 0.3) is 11.3 Å². The molecule has 2 N–H and O–H groups in total. The monoisotopic (exact) mass is 345 g/mol. The van der Waals surface area contributed by atoms with Gasteiger partial charge in [0, 0.05) is 11.8 Å². The number of aryl methyl sites for hydroxylation is 1. The van der Waals surface area contributed by atoms with Gasteiger partial charge in [-0.3, -0.25) is 0 Å². The summed E-state index contributed by atoms with van der Waals surface area (Å²) in [5, 5.41) is 8.79. The van der Waals surface area contributed by atoms with Crippen molar-refractivity contribution in [3.8, 4) is 17.3 Å². The maximum atomic E-state index is 12.1. The summed E-state index contributed by atoms with van der Waals surface area (Å²) >= 11 is 0. The number of rotatable bonds is 3. The fourth-order valence-corrected chi connectivity index (χ4v) is 2.97. The van der Waals surface area contributed by atoms with Crippen LogP contribution in [-0.4, -0.2) is 32.7 Å². The molecule has 0 amide bonds. The first-order valence-corrected chi connectivity index (χ1v) is 8.68. The Morgan fingerprint density at radius 3 is 2.33 bits per heavy atom. The lowest BCUT2D eigenvalue weighted by Gasteiger charge is -2.14. The van der Waals surface area contributed by atoms with Gasteiger partial charge in [0.2, 0.25) is 0 Å². The second kappa shape index (κ2) is 6.29. The molecule has 0 atom stereocenters. The third-order valence-corrected chi connectivity index (χ3v) is 4.38. The summed E-state index contributed by atoms with van der Waals surface area (Å²) < 4.78 is 28.6. The zero-order valence-corrected chi connectivity index (χ0v) is 14.1. The van der Waals surface area contributed by atoms with Crippen molar-refractivity contribution in [2.45, 2.75) is 11.9 Å². The van der Waals surface area contributed by atoms with E-state index in [1.54, 1.807) is 30.3 Å². The molecule has 0 aliphatic heterocycles. The van der Waals surface area contributed by atoms with Crippen molar-refractivity contribution in [1.29, 1.82) is 5.26 Å². The smallest absolute Gasteiger partial charge is 0.342 e. The molecule has 0 saturated carbocycles. The predicted octanol–water partition coefficient (Wildman–Crippen LogP) is 1.70. The lowest BCUT2D eigenvalue weighted by Crippen LogP contribution is -2.15. The van der Waals surface area contributed by atoms with Crippen molar-refractivity contribution >= 4 is 21.5 Å². The van der Waals surface area contributed by atoms with Gasteiger partial charge in [-0.1, -0.05) is 29.8 Å². The Balaban J connectivity index is 2.96. The Morgan fingerprint density at radius 1 is 1.29 bits per heavy atom. The number of benzene rings is 1. The molecule has 0 unspecified atom stereocenters. The highest BCUT2D eigenvalue weighted by molar-refractivity contribution is 7.90. The van der Waals surface area contributed by atoms with E-state index in [0.29, 0.717) is 5.56 Å². The number of anilines is 1. The number of esters is 1. The second-order valence-electron chi connectivity index (χ2n) is 5.17. The number of nitrogens with two attached hydrogens (primary N) is 1. The molecule has 2 rings (SSSR count). The van der Waals surface area contributed by atoms with Crippen LogP contribution >= 0.6 is 0 Å². The van der Waals surface area contributed by atoms with Gasteiger partial charge in [-0.05, 0) is 6.92 Å². The number of aromatic nitrogens is 1. The number of hydrogen-bond acceptors (Lipinski definition) is 7. The number of nitrogen functional groups attached to an aromatic ring is 1. The molecule has 0 aliphatic carbocycles. The maximum absolute atomic E-state index is 12.1. The molecule has 2 aromatic rings. The molecule has 0 saturated heterocycles. The fraction of sp³-hybridized carbons (Fsp3) is 0.188. The molecule has 8 heteroatoms. The molecule has 0 aliphatic rings. The van der Waals surface area contributed by atoms with Gasteiger partial charge in [-0.2, -0.15) is 5.26 Å². The largest absolute Gasteiger partial charge is 0.465 e. The van der Waals surface area contributed by atoms with Crippen molar-refractivity contribution in [2.24, 2.45) is 0 Å². The van der Waals surface area contributed by atoms with E-state index in [2.05, 4.69) is 4.98 Å². The summed E-state index contributed by atoms with van der Waals surface area (Å²) in [6, 6.07) is 8.64. The van der Waals surface area contributed by atoms with E-state index < -0.39 is 20.8 Å². The second-order valence-corrected chi connectivity index (χ2v) is 7.10. The summed E-state index contributed by atoms with van der Waals surface area (Å²) in [7, 11) is -2.66. The highest BCUT2D eigenvalue weighted by Gasteiger charge is 2.28. The quantitative estimate of drug-likeness (QED) is 0.840. The van der Waals surface area contributed by atoms with Crippen molar-refractivity contribution in [3.63, 3.8) is 0 Å². The number of sulfone groups is 1. The molecule has 0 fully saturated rings. The first-order valence-electron chi connectivity index (χ1n) is 6.79. The van der Waals surface area contributed by atoms with E-state index in [9.17, 15) is 18.5 Å². The van der Waals surface area contributed by atoms with Crippen LogP contribution in [0, 0.1) is 18.3 Å². The zero-order valence-electron chi connectivity index (χ0n) is 13.3. The summed E-state index contributed by atoms with van der Waals surface area (Å²) in [6.07, 6.45) is 0.923. The van der Waals surface area contributed by atoms with Gasteiger partial charge in [0.25, 0.3) is 0 Å². The van der Waals surface area contributed by atoms with Gasteiger partial charge in [-0.25, -0.2) is 18.2 Å². The van der Waals surface area contributed by atoms with E-state index in [0.717, 1.165) is 18.9 Å². The average Bonchev–Trinajstić information content (AvgIpc) is 2.53. The van der Waals surface area contributed by atoms with Crippen LogP contribution in [0.2, 0.25) is 0 Å². The molecular weight excluding hydrogens is 330 g/mol. The topological polar surface area (TPSA) is 123 Å². The molecule has 0 bridgehead atoms. The zero-order chi connectivity index (χ0) is 18.1. The number of ether oxygens (including phenoxy) is 1.